The van der Waals surface area contributed by atoms with Crippen LogP contribution in [0.5, 0.6) is 0 Å². The predicted octanol–water partition coefficient (Wildman–Crippen LogP) is 3.77. The summed E-state index contributed by atoms with van der Waals surface area (Å²) in [4.78, 5) is 20.1. The van der Waals surface area contributed by atoms with Crippen molar-refractivity contribution in [2.24, 2.45) is 0 Å². The third kappa shape index (κ3) is 4.28. The van der Waals surface area contributed by atoms with Gasteiger partial charge in [0.2, 0.25) is 0 Å². The third-order valence-electron chi connectivity index (χ3n) is 5.41. The zero-order chi connectivity index (χ0) is 21.9. The van der Waals surface area contributed by atoms with Gasteiger partial charge in [0.1, 0.15) is 18.0 Å². The highest BCUT2D eigenvalue weighted by atomic mass is 35.5. The van der Waals surface area contributed by atoms with E-state index in [1.54, 1.807) is 0 Å². The van der Waals surface area contributed by atoms with Gasteiger partial charge in [0.15, 0.2) is 5.65 Å². The molecule has 1 fully saturated rings. The first-order valence-corrected chi connectivity index (χ1v) is 10.7. The van der Waals surface area contributed by atoms with Crippen LogP contribution in [0.2, 0.25) is 5.02 Å². The van der Waals surface area contributed by atoms with Crippen LogP contribution in [0.1, 0.15) is 5.56 Å². The Morgan fingerprint density at radius 2 is 1.84 bits per heavy atom. The van der Waals surface area contributed by atoms with E-state index in [-0.39, 0.29) is 0 Å². The number of rotatable bonds is 5. The molecule has 0 unspecified atom stereocenters. The molecule has 1 aliphatic heterocycles. The molecule has 0 atom stereocenters. The van der Waals surface area contributed by atoms with Crippen LogP contribution in [0, 0.1) is 0 Å². The second-order valence-corrected chi connectivity index (χ2v) is 7.93. The maximum atomic E-state index is 6.16. The average molecular weight is 448 g/mol. The minimum absolute atomic E-state index is 0.383. The Hall–Kier alpha value is -3.49. The van der Waals surface area contributed by atoms with E-state index in [1.165, 1.54) is 6.33 Å². The first kappa shape index (κ1) is 20.4. The number of fused-ring (bicyclic) bond motifs is 1. The summed E-state index contributed by atoms with van der Waals surface area (Å²) >= 11 is 6.00. The van der Waals surface area contributed by atoms with Crippen LogP contribution in [0.25, 0.3) is 22.3 Å². The highest BCUT2D eigenvalue weighted by Crippen LogP contribution is 2.31. The molecule has 3 N–H and O–H groups in total. The molecule has 1 saturated heterocycles. The van der Waals surface area contributed by atoms with Crippen LogP contribution in [-0.4, -0.2) is 46.2 Å². The summed E-state index contributed by atoms with van der Waals surface area (Å²) in [6.07, 6.45) is 3.27. The molecule has 9 heteroatoms. The van der Waals surface area contributed by atoms with Gasteiger partial charge in [-0.25, -0.2) is 19.9 Å². The van der Waals surface area contributed by atoms with Gasteiger partial charge in [0.05, 0.1) is 30.0 Å². The minimum Gasteiger partial charge on any atom is -0.383 e. The fourth-order valence-electron chi connectivity index (χ4n) is 3.69. The number of aromatic nitrogens is 4. The SMILES string of the molecule is Nc1ncnc2nc(-c3ccc(N4CCOCC4)nc3)cc(NCc3ccc(Cl)cc3)c12. The van der Waals surface area contributed by atoms with Crippen molar-refractivity contribution in [3.63, 3.8) is 0 Å². The molecule has 0 radical (unpaired) electrons. The van der Waals surface area contributed by atoms with Crippen LogP contribution in [-0.2, 0) is 11.3 Å². The van der Waals surface area contributed by atoms with Crippen LogP contribution < -0.4 is 16.0 Å². The molecule has 1 aromatic carbocycles. The Labute approximate surface area is 190 Å². The Kier molecular flexibility index (Phi) is 5.70. The number of benzene rings is 1. The number of hydrogen-bond donors (Lipinski definition) is 2. The minimum atomic E-state index is 0.383. The molecular formula is C23H22ClN7O. The Morgan fingerprint density at radius 3 is 2.59 bits per heavy atom. The van der Waals surface area contributed by atoms with Crippen molar-refractivity contribution in [2.75, 3.05) is 42.3 Å². The summed E-state index contributed by atoms with van der Waals surface area (Å²) in [6.45, 7) is 3.72. The second-order valence-electron chi connectivity index (χ2n) is 7.50. The van der Waals surface area contributed by atoms with Crippen molar-refractivity contribution in [3.05, 3.63) is 65.6 Å². The molecule has 4 heterocycles. The number of ether oxygens (including phenoxy) is 1. The second kappa shape index (κ2) is 8.94. The summed E-state index contributed by atoms with van der Waals surface area (Å²) in [5, 5.41) is 4.85. The van der Waals surface area contributed by atoms with E-state index in [4.69, 9.17) is 27.1 Å². The van der Waals surface area contributed by atoms with Crippen molar-refractivity contribution in [2.45, 2.75) is 6.54 Å². The van der Waals surface area contributed by atoms with E-state index in [2.05, 4.69) is 25.2 Å². The van der Waals surface area contributed by atoms with Crippen molar-refractivity contribution in [1.29, 1.82) is 0 Å². The Morgan fingerprint density at radius 1 is 1.03 bits per heavy atom. The van der Waals surface area contributed by atoms with E-state index in [0.29, 0.717) is 28.4 Å². The summed E-state index contributed by atoms with van der Waals surface area (Å²) < 4.78 is 5.42. The lowest BCUT2D eigenvalue weighted by molar-refractivity contribution is 0.122. The first-order chi connectivity index (χ1) is 15.7. The van der Waals surface area contributed by atoms with Crippen LogP contribution >= 0.6 is 11.6 Å². The Bertz CT molecular complexity index is 1230. The summed E-state index contributed by atoms with van der Waals surface area (Å²) in [7, 11) is 0. The van der Waals surface area contributed by atoms with Gasteiger partial charge in [0.25, 0.3) is 0 Å². The number of pyridine rings is 2. The highest BCUT2D eigenvalue weighted by molar-refractivity contribution is 6.30. The first-order valence-electron chi connectivity index (χ1n) is 10.4. The summed E-state index contributed by atoms with van der Waals surface area (Å²) in [6, 6.07) is 13.7. The number of halogens is 1. The van der Waals surface area contributed by atoms with Gasteiger partial charge in [-0.3, -0.25) is 0 Å². The molecule has 162 valence electrons. The van der Waals surface area contributed by atoms with Crippen molar-refractivity contribution < 1.29 is 4.74 Å². The normalized spacial score (nSPS) is 14.0. The van der Waals surface area contributed by atoms with Crippen LogP contribution in [0.15, 0.2) is 55.0 Å². The fraction of sp³-hybridized carbons (Fsp3) is 0.217. The molecule has 1 aliphatic rings. The van der Waals surface area contributed by atoms with Gasteiger partial charge in [-0.1, -0.05) is 23.7 Å². The standard InChI is InChI=1S/C23H22ClN7O/c24-17-4-1-15(2-5-17)12-26-19-11-18(30-23-21(19)22(25)28-14-29-23)16-3-6-20(27-13-16)31-7-9-32-10-8-31/h1-6,11,13-14H,7-10,12H2,(H3,25,26,28,29,30). The maximum absolute atomic E-state index is 6.16. The Balaban J connectivity index is 1.47. The van der Waals surface area contributed by atoms with Gasteiger partial charge in [-0.15, -0.1) is 0 Å². The number of nitrogens with two attached hydrogens (primary N) is 1. The lowest BCUT2D eigenvalue weighted by Crippen LogP contribution is -2.36. The molecule has 4 aromatic rings. The molecule has 5 rings (SSSR count). The smallest absolute Gasteiger partial charge is 0.167 e. The topological polar surface area (TPSA) is 102 Å². The van der Waals surface area contributed by atoms with Gasteiger partial charge < -0.3 is 20.7 Å². The fourth-order valence-corrected chi connectivity index (χ4v) is 3.82. The lowest BCUT2D eigenvalue weighted by Gasteiger charge is -2.27. The molecule has 0 saturated carbocycles. The maximum Gasteiger partial charge on any atom is 0.167 e. The predicted molar refractivity (Wildman–Crippen MR) is 127 cm³/mol. The number of nitrogens with zero attached hydrogens (tertiary/aromatic N) is 5. The van der Waals surface area contributed by atoms with Gasteiger partial charge in [-0.2, -0.15) is 0 Å². The molecule has 0 bridgehead atoms. The lowest BCUT2D eigenvalue weighted by atomic mass is 10.1. The van der Waals surface area contributed by atoms with Crippen LogP contribution in [0.3, 0.4) is 0 Å². The van der Waals surface area contributed by atoms with E-state index >= 15 is 0 Å². The largest absolute Gasteiger partial charge is 0.383 e. The highest BCUT2D eigenvalue weighted by Gasteiger charge is 2.15. The molecule has 0 aliphatic carbocycles. The van der Waals surface area contributed by atoms with Crippen LogP contribution in [0.4, 0.5) is 17.3 Å². The third-order valence-corrected chi connectivity index (χ3v) is 5.66. The van der Waals surface area contributed by atoms with E-state index in [9.17, 15) is 0 Å². The molecule has 0 amide bonds. The number of nitrogens with one attached hydrogen (secondary N) is 1. The monoisotopic (exact) mass is 447 g/mol. The zero-order valence-corrected chi connectivity index (χ0v) is 18.1. The van der Waals surface area contributed by atoms with Gasteiger partial charge in [-0.05, 0) is 35.9 Å². The molecule has 32 heavy (non-hydrogen) atoms. The molecule has 8 nitrogen and oxygen atoms in total. The van der Waals surface area contributed by atoms with E-state index in [0.717, 1.165) is 54.6 Å². The van der Waals surface area contributed by atoms with Crippen molar-refractivity contribution >= 4 is 40.0 Å². The van der Waals surface area contributed by atoms with Crippen molar-refractivity contribution in [1.82, 2.24) is 19.9 Å². The quantitative estimate of drug-likeness (QED) is 0.476. The number of hydrogen-bond acceptors (Lipinski definition) is 8. The van der Waals surface area contributed by atoms with Gasteiger partial charge >= 0.3 is 0 Å². The summed E-state index contributed by atoms with van der Waals surface area (Å²) in [5.74, 6) is 1.32. The zero-order valence-electron chi connectivity index (χ0n) is 17.3. The average Bonchev–Trinajstić information content (AvgIpc) is 2.84. The number of morpholine rings is 1. The van der Waals surface area contributed by atoms with Crippen molar-refractivity contribution in [3.8, 4) is 11.3 Å². The van der Waals surface area contributed by atoms with E-state index in [1.807, 2.05) is 48.7 Å². The van der Waals surface area contributed by atoms with Gasteiger partial charge in [0, 0.05) is 36.4 Å². The molecular weight excluding hydrogens is 426 g/mol. The molecule has 3 aromatic heterocycles. The van der Waals surface area contributed by atoms with E-state index < -0.39 is 0 Å². The number of anilines is 3. The molecule has 0 spiro atoms. The summed E-state index contributed by atoms with van der Waals surface area (Å²) in [5.41, 5.74) is 10.3. The number of nitrogen functional groups attached to an aromatic ring is 1.